The van der Waals surface area contributed by atoms with Crippen LogP contribution in [0, 0.1) is 6.92 Å². The SMILES string of the molecule is CCN(C(=O)C(=O)Nc1cccc2cccnc12)c1cccc(C)c1. The molecule has 1 heterocycles. The number of amides is 2. The van der Waals surface area contributed by atoms with Gasteiger partial charge in [-0.05, 0) is 43.7 Å². The molecule has 126 valence electrons. The van der Waals surface area contributed by atoms with Crippen LogP contribution in [0.15, 0.2) is 60.8 Å². The minimum atomic E-state index is -0.679. The van der Waals surface area contributed by atoms with Crippen molar-refractivity contribution in [2.24, 2.45) is 0 Å². The predicted molar refractivity (Wildman–Crippen MR) is 99.6 cm³/mol. The Bertz CT molecular complexity index is 932. The summed E-state index contributed by atoms with van der Waals surface area (Å²) in [6, 6.07) is 16.7. The fraction of sp³-hybridized carbons (Fsp3) is 0.150. The van der Waals surface area contributed by atoms with Crippen molar-refractivity contribution in [3.63, 3.8) is 0 Å². The molecule has 1 aromatic heterocycles. The number of nitrogens with one attached hydrogen (secondary N) is 1. The highest BCUT2D eigenvalue weighted by atomic mass is 16.2. The van der Waals surface area contributed by atoms with Gasteiger partial charge in [-0.3, -0.25) is 14.6 Å². The Morgan fingerprint density at radius 3 is 2.60 bits per heavy atom. The zero-order valence-electron chi connectivity index (χ0n) is 14.2. The molecule has 5 heteroatoms. The second-order valence-corrected chi connectivity index (χ2v) is 5.72. The second-order valence-electron chi connectivity index (χ2n) is 5.72. The molecule has 0 unspecified atom stereocenters. The molecule has 0 aliphatic heterocycles. The minimum Gasteiger partial charge on any atom is -0.316 e. The van der Waals surface area contributed by atoms with Crippen molar-refractivity contribution >= 4 is 34.1 Å². The number of para-hydroxylation sites is 1. The topological polar surface area (TPSA) is 62.3 Å². The Hall–Kier alpha value is -3.21. The van der Waals surface area contributed by atoms with Crippen LogP contribution in [-0.4, -0.2) is 23.3 Å². The number of rotatable bonds is 3. The highest BCUT2D eigenvalue weighted by molar-refractivity contribution is 6.44. The zero-order valence-corrected chi connectivity index (χ0v) is 14.2. The van der Waals surface area contributed by atoms with Crippen LogP contribution < -0.4 is 10.2 Å². The Kier molecular flexibility index (Phi) is 4.75. The number of hydrogen-bond acceptors (Lipinski definition) is 3. The lowest BCUT2D eigenvalue weighted by Crippen LogP contribution is -2.39. The zero-order chi connectivity index (χ0) is 17.8. The predicted octanol–water partition coefficient (Wildman–Crippen LogP) is 3.53. The number of fused-ring (bicyclic) bond motifs is 1. The molecular weight excluding hydrogens is 314 g/mol. The summed E-state index contributed by atoms with van der Waals surface area (Å²) in [6.45, 7) is 4.19. The largest absolute Gasteiger partial charge is 0.316 e. The summed E-state index contributed by atoms with van der Waals surface area (Å²) in [5.74, 6) is -1.28. The van der Waals surface area contributed by atoms with Crippen LogP contribution in [0.4, 0.5) is 11.4 Å². The molecule has 0 atom stereocenters. The van der Waals surface area contributed by atoms with E-state index in [1.165, 1.54) is 4.90 Å². The van der Waals surface area contributed by atoms with E-state index >= 15 is 0 Å². The van der Waals surface area contributed by atoms with Crippen LogP contribution in [0.5, 0.6) is 0 Å². The van der Waals surface area contributed by atoms with Gasteiger partial charge in [-0.1, -0.05) is 30.3 Å². The average molecular weight is 333 g/mol. The van der Waals surface area contributed by atoms with E-state index in [-0.39, 0.29) is 0 Å². The second kappa shape index (κ2) is 7.13. The van der Waals surface area contributed by atoms with E-state index in [1.54, 1.807) is 12.3 Å². The van der Waals surface area contributed by atoms with Crippen LogP contribution in [0.3, 0.4) is 0 Å². The molecule has 2 amide bonds. The van der Waals surface area contributed by atoms with E-state index in [9.17, 15) is 9.59 Å². The molecule has 0 saturated carbocycles. The number of anilines is 2. The van der Waals surface area contributed by atoms with Crippen LogP contribution in [-0.2, 0) is 9.59 Å². The van der Waals surface area contributed by atoms with Gasteiger partial charge in [0.25, 0.3) is 0 Å². The van der Waals surface area contributed by atoms with Crippen molar-refractivity contribution in [2.75, 3.05) is 16.8 Å². The quantitative estimate of drug-likeness (QED) is 0.746. The van der Waals surface area contributed by atoms with Gasteiger partial charge in [0, 0.05) is 23.8 Å². The van der Waals surface area contributed by atoms with E-state index in [0.29, 0.717) is 23.4 Å². The monoisotopic (exact) mass is 333 g/mol. The van der Waals surface area contributed by atoms with Gasteiger partial charge in [0.2, 0.25) is 0 Å². The lowest BCUT2D eigenvalue weighted by molar-refractivity contribution is -0.134. The number of aryl methyl sites for hydroxylation is 1. The fourth-order valence-corrected chi connectivity index (χ4v) is 2.74. The Morgan fingerprint density at radius 2 is 1.84 bits per heavy atom. The highest BCUT2D eigenvalue weighted by Crippen LogP contribution is 2.21. The number of carbonyl (C=O) groups excluding carboxylic acids is 2. The molecule has 2 aromatic carbocycles. The van der Waals surface area contributed by atoms with Gasteiger partial charge >= 0.3 is 11.8 Å². The first-order valence-corrected chi connectivity index (χ1v) is 8.13. The number of aromatic nitrogens is 1. The van der Waals surface area contributed by atoms with Crippen molar-refractivity contribution in [3.05, 3.63) is 66.4 Å². The summed E-state index contributed by atoms with van der Waals surface area (Å²) in [6.07, 6.45) is 1.66. The van der Waals surface area contributed by atoms with E-state index in [4.69, 9.17) is 0 Å². The van der Waals surface area contributed by atoms with E-state index in [2.05, 4.69) is 10.3 Å². The van der Waals surface area contributed by atoms with Crippen molar-refractivity contribution in [1.82, 2.24) is 4.98 Å². The van der Waals surface area contributed by atoms with Crippen molar-refractivity contribution < 1.29 is 9.59 Å². The van der Waals surface area contributed by atoms with Gasteiger partial charge in [0.05, 0.1) is 11.2 Å². The summed E-state index contributed by atoms with van der Waals surface area (Å²) in [5, 5.41) is 3.59. The number of carbonyl (C=O) groups is 2. The molecule has 0 fully saturated rings. The maximum Gasteiger partial charge on any atom is 0.316 e. The van der Waals surface area contributed by atoms with Gasteiger partial charge in [0.1, 0.15) is 0 Å². The Morgan fingerprint density at radius 1 is 1.08 bits per heavy atom. The molecule has 3 rings (SSSR count). The Balaban J connectivity index is 1.85. The van der Waals surface area contributed by atoms with E-state index < -0.39 is 11.8 Å². The van der Waals surface area contributed by atoms with Crippen molar-refractivity contribution in [1.29, 1.82) is 0 Å². The van der Waals surface area contributed by atoms with Crippen molar-refractivity contribution in [3.8, 4) is 0 Å². The third-order valence-corrected chi connectivity index (χ3v) is 3.95. The third kappa shape index (κ3) is 3.50. The molecule has 0 bridgehead atoms. The van der Waals surface area contributed by atoms with Crippen LogP contribution >= 0.6 is 0 Å². The number of likely N-dealkylation sites (N-methyl/N-ethyl adjacent to an activating group) is 1. The normalized spacial score (nSPS) is 10.5. The summed E-state index contributed by atoms with van der Waals surface area (Å²) in [7, 11) is 0. The van der Waals surface area contributed by atoms with Crippen molar-refractivity contribution in [2.45, 2.75) is 13.8 Å². The average Bonchev–Trinajstić information content (AvgIpc) is 2.62. The van der Waals surface area contributed by atoms with Crippen LogP contribution in [0.1, 0.15) is 12.5 Å². The fourth-order valence-electron chi connectivity index (χ4n) is 2.74. The van der Waals surface area contributed by atoms with E-state index in [1.807, 2.05) is 62.4 Å². The van der Waals surface area contributed by atoms with Gasteiger partial charge in [-0.2, -0.15) is 0 Å². The van der Waals surface area contributed by atoms with Gasteiger partial charge in [0.15, 0.2) is 0 Å². The first-order chi connectivity index (χ1) is 12.1. The van der Waals surface area contributed by atoms with Gasteiger partial charge < -0.3 is 10.2 Å². The molecule has 1 N–H and O–H groups in total. The summed E-state index contributed by atoms with van der Waals surface area (Å²) in [5.41, 5.74) is 2.92. The minimum absolute atomic E-state index is 0.406. The smallest absolute Gasteiger partial charge is 0.316 e. The number of nitrogens with zero attached hydrogens (tertiary/aromatic N) is 2. The summed E-state index contributed by atoms with van der Waals surface area (Å²) < 4.78 is 0. The maximum absolute atomic E-state index is 12.6. The molecular formula is C20H19N3O2. The highest BCUT2D eigenvalue weighted by Gasteiger charge is 2.22. The first-order valence-electron chi connectivity index (χ1n) is 8.13. The van der Waals surface area contributed by atoms with Crippen LogP contribution in [0.25, 0.3) is 10.9 Å². The lowest BCUT2D eigenvalue weighted by atomic mass is 10.2. The number of pyridine rings is 1. The molecule has 0 spiro atoms. The van der Waals surface area contributed by atoms with Gasteiger partial charge in [-0.25, -0.2) is 0 Å². The molecule has 0 saturated heterocycles. The molecule has 0 aliphatic rings. The molecule has 3 aromatic rings. The van der Waals surface area contributed by atoms with E-state index in [0.717, 1.165) is 10.9 Å². The number of hydrogen-bond donors (Lipinski definition) is 1. The maximum atomic E-state index is 12.6. The van der Waals surface area contributed by atoms with Crippen LogP contribution in [0.2, 0.25) is 0 Å². The number of benzene rings is 2. The standard InChI is InChI=1S/C20H19N3O2/c1-3-23(16-10-4-7-14(2)13-16)20(25)19(24)22-17-11-5-8-15-9-6-12-21-18(15)17/h4-13H,3H2,1-2H3,(H,22,24). The molecule has 0 radical (unpaired) electrons. The van der Waals surface area contributed by atoms with Gasteiger partial charge in [-0.15, -0.1) is 0 Å². The first kappa shape index (κ1) is 16.6. The Labute approximate surface area is 146 Å². The summed E-state index contributed by atoms with van der Waals surface area (Å²) >= 11 is 0. The lowest BCUT2D eigenvalue weighted by Gasteiger charge is -2.21. The molecule has 5 nitrogen and oxygen atoms in total. The third-order valence-electron chi connectivity index (χ3n) is 3.95. The summed E-state index contributed by atoms with van der Waals surface area (Å²) in [4.78, 5) is 30.9. The molecule has 25 heavy (non-hydrogen) atoms. The molecule has 0 aliphatic carbocycles.